The highest BCUT2D eigenvalue weighted by Gasteiger charge is 2.31. The Bertz CT molecular complexity index is 846. The second kappa shape index (κ2) is 6.52. The van der Waals surface area contributed by atoms with Crippen LogP contribution in [0.4, 0.5) is 18.9 Å². The highest BCUT2D eigenvalue weighted by molar-refractivity contribution is 7.92. The molecule has 0 heterocycles. The van der Waals surface area contributed by atoms with Gasteiger partial charge in [-0.15, -0.1) is 13.2 Å². The molecule has 0 aliphatic carbocycles. The minimum atomic E-state index is -4.86. The molecule has 0 amide bonds. The summed E-state index contributed by atoms with van der Waals surface area (Å²) in [5, 5.41) is 0. The van der Waals surface area contributed by atoms with E-state index >= 15 is 0 Å². The number of nitrogens with one attached hydrogen (secondary N) is 1. The summed E-state index contributed by atoms with van der Waals surface area (Å²) in [4.78, 5) is 11.1. The van der Waals surface area contributed by atoms with Gasteiger partial charge in [0.25, 0.3) is 10.0 Å². The molecule has 0 saturated heterocycles. The van der Waals surface area contributed by atoms with Crippen molar-refractivity contribution in [2.24, 2.45) is 0 Å². The van der Waals surface area contributed by atoms with Crippen LogP contribution in [0.2, 0.25) is 0 Å². The van der Waals surface area contributed by atoms with Crippen LogP contribution in [0, 0.1) is 0 Å². The van der Waals surface area contributed by atoms with Crippen LogP contribution in [0.15, 0.2) is 53.4 Å². The van der Waals surface area contributed by atoms with E-state index in [2.05, 4.69) is 9.46 Å². The van der Waals surface area contributed by atoms with Crippen LogP contribution in [0.3, 0.4) is 0 Å². The van der Waals surface area contributed by atoms with Crippen LogP contribution in [0.25, 0.3) is 0 Å². The predicted octanol–water partition coefficient (Wildman–Crippen LogP) is 3.59. The van der Waals surface area contributed by atoms with E-state index in [0.29, 0.717) is 5.56 Å². The molecule has 128 valence electrons. The average Bonchev–Trinajstić information content (AvgIpc) is 2.46. The lowest BCUT2D eigenvalue weighted by atomic mass is 10.1. The fourth-order valence-corrected chi connectivity index (χ4v) is 2.89. The first-order chi connectivity index (χ1) is 11.1. The normalized spacial score (nSPS) is 11.8. The number of carbonyl (C=O) groups excluding carboxylic acids is 1. The Kier molecular flexibility index (Phi) is 4.83. The van der Waals surface area contributed by atoms with Gasteiger partial charge in [0, 0.05) is 11.3 Å². The lowest BCUT2D eigenvalue weighted by molar-refractivity contribution is -0.274. The summed E-state index contributed by atoms with van der Waals surface area (Å²) in [6.45, 7) is 1.34. The molecule has 5 nitrogen and oxygen atoms in total. The SMILES string of the molecule is CC(=O)c1cccc(NS(=O)(=O)c2ccc(OC(F)(F)F)cc2)c1. The zero-order valence-corrected chi connectivity index (χ0v) is 13.1. The summed E-state index contributed by atoms with van der Waals surface area (Å²) >= 11 is 0. The molecule has 0 bridgehead atoms. The molecule has 0 radical (unpaired) electrons. The molecule has 0 unspecified atom stereocenters. The Balaban J connectivity index is 2.21. The van der Waals surface area contributed by atoms with Gasteiger partial charge in [0.05, 0.1) is 4.90 Å². The van der Waals surface area contributed by atoms with Gasteiger partial charge in [-0.1, -0.05) is 12.1 Å². The maximum atomic E-state index is 12.2. The molecule has 2 aromatic carbocycles. The Morgan fingerprint density at radius 3 is 2.25 bits per heavy atom. The standard InChI is InChI=1S/C15H12F3NO4S/c1-10(20)11-3-2-4-12(9-11)19-24(21,22)14-7-5-13(6-8-14)23-15(16,17)18/h2-9,19H,1H3. The third-order valence-corrected chi connectivity index (χ3v) is 4.29. The zero-order chi connectivity index (χ0) is 18.0. The quantitative estimate of drug-likeness (QED) is 0.828. The van der Waals surface area contributed by atoms with E-state index in [0.717, 1.165) is 24.3 Å². The molecule has 0 aliphatic rings. The van der Waals surface area contributed by atoms with Gasteiger partial charge in [0.15, 0.2) is 5.78 Å². The molecule has 0 atom stereocenters. The first-order valence-corrected chi connectivity index (χ1v) is 8.05. The smallest absolute Gasteiger partial charge is 0.406 e. The minimum absolute atomic E-state index is 0.165. The molecule has 2 aromatic rings. The van der Waals surface area contributed by atoms with E-state index in [9.17, 15) is 26.4 Å². The molecule has 0 saturated carbocycles. The number of halogens is 3. The monoisotopic (exact) mass is 359 g/mol. The van der Waals surface area contributed by atoms with Crippen molar-refractivity contribution < 1.29 is 31.1 Å². The summed E-state index contributed by atoms with van der Waals surface area (Å²) in [5.41, 5.74) is 0.488. The molecule has 2 rings (SSSR count). The molecule has 0 fully saturated rings. The van der Waals surface area contributed by atoms with Crippen molar-refractivity contribution >= 4 is 21.5 Å². The minimum Gasteiger partial charge on any atom is -0.406 e. The summed E-state index contributed by atoms with van der Waals surface area (Å²) in [6, 6.07) is 9.61. The number of ether oxygens (including phenoxy) is 1. The van der Waals surface area contributed by atoms with Crippen molar-refractivity contribution in [2.45, 2.75) is 18.2 Å². The molecule has 24 heavy (non-hydrogen) atoms. The van der Waals surface area contributed by atoms with E-state index in [1.165, 1.54) is 31.2 Å². The largest absolute Gasteiger partial charge is 0.573 e. The van der Waals surface area contributed by atoms with Crippen LogP contribution >= 0.6 is 0 Å². The number of ketones is 1. The van der Waals surface area contributed by atoms with Crippen LogP contribution in [0.1, 0.15) is 17.3 Å². The second-order valence-electron chi connectivity index (χ2n) is 4.76. The number of alkyl halides is 3. The van der Waals surface area contributed by atoms with Crippen molar-refractivity contribution in [2.75, 3.05) is 4.72 Å². The Labute approximate surface area is 136 Å². The van der Waals surface area contributed by atoms with Gasteiger partial charge in [-0.05, 0) is 43.3 Å². The third-order valence-electron chi connectivity index (χ3n) is 2.89. The molecule has 9 heteroatoms. The highest BCUT2D eigenvalue weighted by Crippen LogP contribution is 2.25. The first-order valence-electron chi connectivity index (χ1n) is 6.56. The number of carbonyl (C=O) groups is 1. The predicted molar refractivity (Wildman–Crippen MR) is 80.4 cm³/mol. The third kappa shape index (κ3) is 4.72. The first kappa shape index (κ1) is 17.8. The Hall–Kier alpha value is -2.55. The molecule has 0 spiro atoms. The molecular weight excluding hydrogens is 347 g/mol. The topological polar surface area (TPSA) is 72.5 Å². The van der Waals surface area contributed by atoms with Crippen molar-refractivity contribution in [1.29, 1.82) is 0 Å². The lowest BCUT2D eigenvalue weighted by Crippen LogP contribution is -2.17. The van der Waals surface area contributed by atoms with Gasteiger partial charge >= 0.3 is 6.36 Å². The van der Waals surface area contributed by atoms with Crippen LogP contribution in [-0.4, -0.2) is 20.6 Å². The van der Waals surface area contributed by atoms with E-state index in [-0.39, 0.29) is 16.4 Å². The Morgan fingerprint density at radius 1 is 1.08 bits per heavy atom. The van der Waals surface area contributed by atoms with E-state index < -0.39 is 22.1 Å². The van der Waals surface area contributed by atoms with E-state index in [1.807, 2.05) is 0 Å². The number of hydrogen-bond donors (Lipinski definition) is 1. The number of rotatable bonds is 5. The van der Waals surface area contributed by atoms with Gasteiger partial charge in [-0.3, -0.25) is 9.52 Å². The summed E-state index contributed by atoms with van der Waals surface area (Å²) in [6.07, 6.45) is -4.86. The highest BCUT2D eigenvalue weighted by atomic mass is 32.2. The van der Waals surface area contributed by atoms with Gasteiger partial charge in [-0.25, -0.2) is 8.42 Å². The number of sulfonamides is 1. The fourth-order valence-electron chi connectivity index (χ4n) is 1.84. The van der Waals surface area contributed by atoms with Crippen LogP contribution in [-0.2, 0) is 10.0 Å². The van der Waals surface area contributed by atoms with Gasteiger partial charge in [-0.2, -0.15) is 0 Å². The van der Waals surface area contributed by atoms with E-state index in [4.69, 9.17) is 0 Å². The van der Waals surface area contributed by atoms with Crippen LogP contribution < -0.4 is 9.46 Å². The number of hydrogen-bond acceptors (Lipinski definition) is 4. The van der Waals surface area contributed by atoms with Crippen molar-refractivity contribution in [3.63, 3.8) is 0 Å². The summed E-state index contributed by atoms with van der Waals surface area (Å²) < 4.78 is 66.6. The van der Waals surface area contributed by atoms with Crippen molar-refractivity contribution in [3.05, 3.63) is 54.1 Å². The fraction of sp³-hybridized carbons (Fsp3) is 0.133. The lowest BCUT2D eigenvalue weighted by Gasteiger charge is -2.11. The average molecular weight is 359 g/mol. The van der Waals surface area contributed by atoms with Crippen molar-refractivity contribution in [1.82, 2.24) is 0 Å². The van der Waals surface area contributed by atoms with Gasteiger partial charge in [0.1, 0.15) is 5.75 Å². The van der Waals surface area contributed by atoms with Gasteiger partial charge in [0.2, 0.25) is 0 Å². The van der Waals surface area contributed by atoms with Crippen molar-refractivity contribution in [3.8, 4) is 5.75 Å². The molecule has 1 N–H and O–H groups in total. The summed E-state index contributed by atoms with van der Waals surface area (Å²) in [7, 11) is -4.01. The van der Waals surface area contributed by atoms with Crippen LogP contribution in [0.5, 0.6) is 5.75 Å². The molecule has 0 aromatic heterocycles. The number of Topliss-reactive ketones (excluding diaryl/α,β-unsaturated/α-hetero) is 1. The van der Waals surface area contributed by atoms with E-state index in [1.54, 1.807) is 0 Å². The Morgan fingerprint density at radius 2 is 1.71 bits per heavy atom. The summed E-state index contributed by atoms with van der Waals surface area (Å²) in [5.74, 6) is -0.760. The molecule has 0 aliphatic heterocycles. The maximum absolute atomic E-state index is 12.2. The second-order valence-corrected chi connectivity index (χ2v) is 6.44. The maximum Gasteiger partial charge on any atom is 0.573 e. The number of anilines is 1. The number of benzene rings is 2. The zero-order valence-electron chi connectivity index (χ0n) is 12.3. The van der Waals surface area contributed by atoms with Gasteiger partial charge < -0.3 is 4.74 Å². The molecular formula is C15H12F3NO4S.